The summed E-state index contributed by atoms with van der Waals surface area (Å²) in [4.78, 5) is 24.0. The minimum absolute atomic E-state index is 0.147. The number of amides is 2. The highest BCUT2D eigenvalue weighted by Gasteiger charge is 2.12. The summed E-state index contributed by atoms with van der Waals surface area (Å²) in [5, 5.41) is 5.84. The van der Waals surface area contributed by atoms with Gasteiger partial charge in [0.2, 0.25) is 11.8 Å². The van der Waals surface area contributed by atoms with Crippen molar-refractivity contribution in [3.05, 3.63) is 76.8 Å². The molecule has 0 unspecified atom stereocenters. The zero-order valence-corrected chi connectivity index (χ0v) is 16.6. The first-order valence-electron chi connectivity index (χ1n) is 9.09. The molecule has 2 amide bonds. The Balaban J connectivity index is 1.46. The molecule has 0 aliphatic rings. The molecule has 0 radical (unpaired) electrons. The highest BCUT2D eigenvalue weighted by atomic mass is 35.5. The molecule has 3 rings (SSSR count). The van der Waals surface area contributed by atoms with Crippen LogP contribution in [0.1, 0.15) is 17.7 Å². The lowest BCUT2D eigenvalue weighted by molar-refractivity contribution is -0.124. The number of benzene rings is 2. The molecule has 0 spiro atoms. The van der Waals surface area contributed by atoms with Crippen LogP contribution in [-0.4, -0.2) is 18.4 Å². The zero-order valence-electron chi connectivity index (χ0n) is 15.8. The van der Waals surface area contributed by atoms with Crippen LogP contribution in [0.2, 0.25) is 5.02 Å². The second-order valence-corrected chi connectivity index (χ2v) is 6.89. The normalized spacial score (nSPS) is 10.6. The Morgan fingerprint density at radius 1 is 1.03 bits per heavy atom. The van der Waals surface area contributed by atoms with E-state index >= 15 is 0 Å². The van der Waals surface area contributed by atoms with E-state index in [0.717, 1.165) is 5.56 Å². The van der Waals surface area contributed by atoms with E-state index in [1.165, 1.54) is 6.07 Å². The highest BCUT2D eigenvalue weighted by molar-refractivity contribution is 6.31. The third-order valence-electron chi connectivity index (χ3n) is 4.39. The molecule has 0 saturated heterocycles. The van der Waals surface area contributed by atoms with Crippen LogP contribution in [0.5, 0.6) is 0 Å². The van der Waals surface area contributed by atoms with Crippen LogP contribution in [0.3, 0.4) is 0 Å². The van der Waals surface area contributed by atoms with Crippen molar-refractivity contribution in [3.63, 3.8) is 0 Å². The lowest BCUT2D eigenvalue weighted by Crippen LogP contribution is -2.33. The average molecular weight is 415 g/mol. The number of hydrogen-bond acceptors (Lipinski definition) is 3. The fourth-order valence-electron chi connectivity index (χ4n) is 2.76. The zero-order chi connectivity index (χ0) is 20.8. The Hall–Kier alpha value is -3.12. The number of aryl methyl sites for hydroxylation is 1. The number of nitrogens with one attached hydrogen (secondary N) is 2. The molecule has 0 atom stereocenters. The smallest absolute Gasteiger partial charge is 0.243 e. The van der Waals surface area contributed by atoms with Crippen molar-refractivity contribution in [1.29, 1.82) is 0 Å². The van der Waals surface area contributed by atoms with Crippen molar-refractivity contribution in [2.24, 2.45) is 0 Å². The summed E-state index contributed by atoms with van der Waals surface area (Å²) in [6.07, 6.45) is 0.489. The molecule has 0 bridgehead atoms. The molecular formula is C22H20ClFN2O3. The van der Waals surface area contributed by atoms with Crippen LogP contribution in [0.15, 0.2) is 59.0 Å². The van der Waals surface area contributed by atoms with E-state index < -0.39 is 0 Å². The third kappa shape index (κ3) is 5.45. The van der Waals surface area contributed by atoms with Gasteiger partial charge in [-0.1, -0.05) is 29.8 Å². The van der Waals surface area contributed by atoms with Gasteiger partial charge in [0.05, 0.1) is 12.1 Å². The summed E-state index contributed by atoms with van der Waals surface area (Å²) in [5.74, 6) is -0.0188. The van der Waals surface area contributed by atoms with Crippen LogP contribution in [-0.2, 0) is 16.0 Å². The van der Waals surface area contributed by atoms with E-state index in [1.807, 2.05) is 0 Å². The molecule has 1 heterocycles. The van der Waals surface area contributed by atoms with Crippen molar-refractivity contribution in [1.82, 2.24) is 5.32 Å². The second-order valence-electron chi connectivity index (χ2n) is 6.48. The van der Waals surface area contributed by atoms with E-state index in [0.29, 0.717) is 34.2 Å². The van der Waals surface area contributed by atoms with Gasteiger partial charge >= 0.3 is 0 Å². The molecule has 29 heavy (non-hydrogen) atoms. The largest absolute Gasteiger partial charge is 0.461 e. The van der Waals surface area contributed by atoms with Gasteiger partial charge in [-0.2, -0.15) is 0 Å². The van der Waals surface area contributed by atoms with Crippen molar-refractivity contribution in [2.75, 3.05) is 11.9 Å². The monoisotopic (exact) mass is 414 g/mol. The SMILES string of the molecule is Cc1c(Cl)cccc1NC(=O)CNC(=O)CCc1ccc(-c2ccccc2F)o1. The maximum Gasteiger partial charge on any atom is 0.243 e. The molecule has 2 N–H and O–H groups in total. The van der Waals surface area contributed by atoms with Gasteiger partial charge in [0, 0.05) is 23.6 Å². The van der Waals surface area contributed by atoms with E-state index in [9.17, 15) is 14.0 Å². The van der Waals surface area contributed by atoms with E-state index in [4.69, 9.17) is 16.0 Å². The van der Waals surface area contributed by atoms with E-state index in [2.05, 4.69) is 10.6 Å². The average Bonchev–Trinajstić information content (AvgIpc) is 3.17. The van der Waals surface area contributed by atoms with Gasteiger partial charge in [-0.05, 0) is 48.9 Å². The lowest BCUT2D eigenvalue weighted by Gasteiger charge is -2.10. The maximum atomic E-state index is 13.8. The van der Waals surface area contributed by atoms with E-state index in [-0.39, 0.29) is 30.6 Å². The molecule has 0 saturated carbocycles. The summed E-state index contributed by atoms with van der Waals surface area (Å²) in [6, 6.07) is 14.9. The third-order valence-corrected chi connectivity index (χ3v) is 4.80. The van der Waals surface area contributed by atoms with E-state index in [1.54, 1.807) is 55.5 Å². The first-order chi connectivity index (χ1) is 13.9. The molecule has 1 aromatic heterocycles. The van der Waals surface area contributed by atoms with Gasteiger partial charge in [-0.25, -0.2) is 4.39 Å². The lowest BCUT2D eigenvalue weighted by atomic mass is 10.1. The Kier molecular flexibility index (Phi) is 6.67. The van der Waals surface area contributed by atoms with Crippen LogP contribution in [0, 0.1) is 12.7 Å². The fraction of sp³-hybridized carbons (Fsp3) is 0.182. The van der Waals surface area contributed by atoms with Crippen molar-refractivity contribution < 1.29 is 18.4 Å². The maximum absolute atomic E-state index is 13.8. The quantitative estimate of drug-likeness (QED) is 0.586. The number of hydrogen-bond donors (Lipinski definition) is 2. The topological polar surface area (TPSA) is 71.3 Å². The summed E-state index contributed by atoms with van der Waals surface area (Å²) in [6.45, 7) is 1.65. The predicted octanol–water partition coefficient (Wildman–Crippen LogP) is 4.74. The van der Waals surface area contributed by atoms with Gasteiger partial charge in [-0.3, -0.25) is 9.59 Å². The molecule has 2 aromatic carbocycles. The van der Waals surface area contributed by atoms with Gasteiger partial charge in [-0.15, -0.1) is 0 Å². The molecular weight excluding hydrogens is 395 g/mol. The standard InChI is InChI=1S/C22H20ClFN2O3/c1-14-17(23)6-4-8-19(14)26-22(28)13-25-21(27)12-10-15-9-11-20(29-15)16-5-2-3-7-18(16)24/h2-9,11H,10,12-13H2,1H3,(H,25,27)(H,26,28). The van der Waals surface area contributed by atoms with Crippen LogP contribution in [0.25, 0.3) is 11.3 Å². The number of carbonyl (C=O) groups excluding carboxylic acids is 2. The fourth-order valence-corrected chi connectivity index (χ4v) is 2.93. The predicted molar refractivity (Wildman–Crippen MR) is 110 cm³/mol. The van der Waals surface area contributed by atoms with Gasteiger partial charge in [0.15, 0.2) is 0 Å². The molecule has 7 heteroatoms. The van der Waals surface area contributed by atoms with Crippen LogP contribution < -0.4 is 10.6 Å². The molecule has 150 valence electrons. The highest BCUT2D eigenvalue weighted by Crippen LogP contribution is 2.25. The van der Waals surface area contributed by atoms with Crippen molar-refractivity contribution in [2.45, 2.75) is 19.8 Å². The molecule has 0 fully saturated rings. The number of rotatable bonds is 7. The van der Waals surface area contributed by atoms with Crippen LogP contribution >= 0.6 is 11.6 Å². The Labute approximate surface area is 172 Å². The summed E-state index contributed by atoms with van der Waals surface area (Å²) < 4.78 is 19.4. The first kappa shape index (κ1) is 20.6. The Morgan fingerprint density at radius 3 is 2.62 bits per heavy atom. The van der Waals surface area contributed by atoms with Gasteiger partial charge in [0.25, 0.3) is 0 Å². The number of anilines is 1. The molecule has 3 aromatic rings. The van der Waals surface area contributed by atoms with Crippen molar-refractivity contribution >= 4 is 29.1 Å². The van der Waals surface area contributed by atoms with Gasteiger partial charge < -0.3 is 15.1 Å². The molecule has 0 aliphatic carbocycles. The summed E-state index contributed by atoms with van der Waals surface area (Å²) in [5.41, 5.74) is 1.74. The minimum Gasteiger partial charge on any atom is -0.461 e. The van der Waals surface area contributed by atoms with Crippen LogP contribution in [0.4, 0.5) is 10.1 Å². The summed E-state index contributed by atoms with van der Waals surface area (Å²) >= 11 is 6.02. The number of furan rings is 1. The van der Waals surface area contributed by atoms with Crippen molar-refractivity contribution in [3.8, 4) is 11.3 Å². The van der Waals surface area contributed by atoms with Gasteiger partial charge in [0.1, 0.15) is 17.3 Å². The Morgan fingerprint density at radius 2 is 1.83 bits per heavy atom. The number of carbonyl (C=O) groups is 2. The first-order valence-corrected chi connectivity index (χ1v) is 9.47. The second kappa shape index (κ2) is 9.39. The summed E-state index contributed by atoms with van der Waals surface area (Å²) in [7, 11) is 0. The Bertz CT molecular complexity index is 1030. The molecule has 5 nitrogen and oxygen atoms in total. The number of halogens is 2. The molecule has 0 aliphatic heterocycles. The minimum atomic E-state index is -0.368.